The number of aromatic nitrogens is 2. The second kappa shape index (κ2) is 28.7. The SMILES string of the molecule is CC1(C)OB(c2cccc(C(=C(c3ccccc3)c3ccccc3)c3ccccc3)c2)OC1(C)C.Clc1cc(-c2cccc(C(=C(c3ccccc3)c3ccccc3)c3ccccc3)c2)cc(-c2nc3ccccc3s2)c1.Clc1cc(Br)cc(-c2nc3ccccc3s2)c1. The van der Waals surface area contributed by atoms with Crippen LogP contribution in [0.15, 0.2) is 320 Å². The third kappa shape index (κ3) is 14.5. The first-order valence-electron chi connectivity index (χ1n) is 31.2. The second-order valence-corrected chi connectivity index (χ2v) is 27.7. The zero-order valence-corrected chi connectivity index (χ0v) is 57.0. The molecule has 3 heterocycles. The number of thiazole rings is 2. The molecule has 4 nitrogen and oxygen atoms in total. The molecule has 10 heteroatoms. The van der Waals surface area contributed by atoms with Crippen molar-refractivity contribution in [3.8, 4) is 32.3 Å². The van der Waals surface area contributed by atoms with Gasteiger partial charge >= 0.3 is 7.12 Å². The lowest BCUT2D eigenvalue weighted by molar-refractivity contribution is 0.00578. The molecule has 0 aliphatic carbocycles. The smallest absolute Gasteiger partial charge is 0.399 e. The molecule has 0 saturated carbocycles. The van der Waals surface area contributed by atoms with Gasteiger partial charge in [0.1, 0.15) is 10.0 Å². The fraction of sp³-hybridized carbons (Fsp3) is 0.0714. The molecule has 0 N–H and O–H groups in total. The van der Waals surface area contributed by atoms with Crippen molar-refractivity contribution in [1.29, 1.82) is 0 Å². The molecule has 0 amide bonds. The topological polar surface area (TPSA) is 44.2 Å². The summed E-state index contributed by atoms with van der Waals surface area (Å²) in [4.78, 5) is 9.49. The van der Waals surface area contributed by atoms with E-state index in [0.717, 1.165) is 64.4 Å². The highest BCUT2D eigenvalue weighted by Gasteiger charge is 2.51. The molecular formula is C84H64BBrCl2N2O2S2. The Kier molecular flexibility index (Phi) is 19.4. The minimum absolute atomic E-state index is 0.384. The molecule has 0 radical (unpaired) electrons. The summed E-state index contributed by atoms with van der Waals surface area (Å²) in [5, 5.41) is 3.37. The van der Waals surface area contributed by atoms with Crippen molar-refractivity contribution in [2.24, 2.45) is 0 Å². The third-order valence-corrected chi connectivity index (χ3v) is 20.0. The van der Waals surface area contributed by atoms with Crippen molar-refractivity contribution in [3.63, 3.8) is 0 Å². The van der Waals surface area contributed by atoms with Gasteiger partial charge in [0.2, 0.25) is 0 Å². The van der Waals surface area contributed by atoms with Crippen molar-refractivity contribution in [3.05, 3.63) is 374 Å². The van der Waals surface area contributed by atoms with Crippen molar-refractivity contribution in [1.82, 2.24) is 9.97 Å². The van der Waals surface area contributed by atoms with E-state index >= 15 is 0 Å². The lowest BCUT2D eigenvalue weighted by Crippen LogP contribution is -2.41. The Morgan fingerprint density at radius 1 is 0.330 bits per heavy atom. The average Bonchev–Trinajstić information content (AvgIpc) is 1.45. The van der Waals surface area contributed by atoms with E-state index in [4.69, 9.17) is 37.5 Å². The van der Waals surface area contributed by atoms with Gasteiger partial charge in [0.05, 0.1) is 31.6 Å². The molecule has 458 valence electrons. The third-order valence-electron chi connectivity index (χ3n) is 16.9. The quantitative estimate of drug-likeness (QED) is 0.0903. The van der Waals surface area contributed by atoms with Gasteiger partial charge in [0.15, 0.2) is 0 Å². The Morgan fingerprint density at radius 3 is 1.06 bits per heavy atom. The highest BCUT2D eigenvalue weighted by atomic mass is 79.9. The van der Waals surface area contributed by atoms with Gasteiger partial charge in [-0.3, -0.25) is 0 Å². The number of fused-ring (bicyclic) bond motifs is 2. The van der Waals surface area contributed by atoms with E-state index in [1.807, 2.05) is 54.6 Å². The van der Waals surface area contributed by atoms with Crippen LogP contribution in [-0.2, 0) is 9.31 Å². The van der Waals surface area contributed by atoms with Gasteiger partial charge in [-0.05, 0) is 178 Å². The average molecular weight is 1360 g/mol. The van der Waals surface area contributed by atoms with Crippen LogP contribution in [0, 0.1) is 0 Å². The normalized spacial score (nSPS) is 12.9. The van der Waals surface area contributed by atoms with E-state index in [1.165, 1.54) is 65.1 Å². The fourth-order valence-electron chi connectivity index (χ4n) is 11.7. The summed E-state index contributed by atoms with van der Waals surface area (Å²) in [5.41, 5.74) is 20.6. The Bertz CT molecular complexity index is 4820. The van der Waals surface area contributed by atoms with Crippen molar-refractivity contribution in [2.75, 3.05) is 0 Å². The maximum atomic E-state index is 6.72. The van der Waals surface area contributed by atoms with Crippen LogP contribution in [0.4, 0.5) is 0 Å². The highest BCUT2D eigenvalue weighted by molar-refractivity contribution is 9.10. The van der Waals surface area contributed by atoms with Gasteiger partial charge in [-0.1, -0.05) is 288 Å². The Morgan fingerprint density at radius 2 is 0.660 bits per heavy atom. The fourth-order valence-corrected chi connectivity index (χ4v) is 14.7. The first-order chi connectivity index (χ1) is 45.8. The predicted molar refractivity (Wildman–Crippen MR) is 404 cm³/mol. The van der Waals surface area contributed by atoms with Crippen LogP contribution < -0.4 is 5.46 Å². The number of hydrogen-bond acceptors (Lipinski definition) is 6. The number of para-hydroxylation sites is 2. The molecule has 0 atom stereocenters. The van der Waals surface area contributed by atoms with Gasteiger partial charge in [-0.2, -0.15) is 0 Å². The Balaban J connectivity index is 0.000000139. The van der Waals surface area contributed by atoms with E-state index in [-0.39, 0.29) is 11.2 Å². The van der Waals surface area contributed by atoms with E-state index in [9.17, 15) is 0 Å². The first-order valence-corrected chi connectivity index (χ1v) is 34.4. The van der Waals surface area contributed by atoms with E-state index in [2.05, 4.69) is 309 Å². The molecule has 1 aliphatic heterocycles. The Labute approximate surface area is 577 Å². The van der Waals surface area contributed by atoms with Crippen molar-refractivity contribution >= 4 is 117 Å². The van der Waals surface area contributed by atoms with Crippen LogP contribution >= 0.6 is 61.8 Å². The molecule has 1 saturated heterocycles. The summed E-state index contributed by atoms with van der Waals surface area (Å²) < 4.78 is 16.1. The van der Waals surface area contributed by atoms with Crippen molar-refractivity contribution in [2.45, 2.75) is 38.9 Å². The lowest BCUT2D eigenvalue weighted by Gasteiger charge is -2.32. The summed E-state index contributed by atoms with van der Waals surface area (Å²) in [7, 11) is -0.408. The standard InChI is InChI=1S/C39H26ClNS.C32H31BO2.C13H7BrClNS/c40-34-25-32(24-33(26-34)39-41-35-21-10-11-22-36(35)42-39)30-19-12-20-31(23-30)38(29-17-8-3-9-18-29)37(27-13-4-1-5-14-27)28-15-6-2-7-16-28;1-31(2)32(3,4)35-33(34-31)28-22-14-21-27(23-28)30(26-19-12-7-13-20-26)29(24-15-8-5-9-16-24)25-17-10-6-11-18-25;14-9-5-8(6-10(15)7-9)13-16-11-3-1-2-4-12(11)17-13/h1-26H;5-23H,1-4H3;1-7H. The molecule has 0 bridgehead atoms. The summed E-state index contributed by atoms with van der Waals surface area (Å²) in [6, 6.07) is 110. The summed E-state index contributed by atoms with van der Waals surface area (Å²) in [6.07, 6.45) is 0. The van der Waals surface area contributed by atoms with Gasteiger partial charge in [-0.25, -0.2) is 9.97 Å². The first kappa shape index (κ1) is 63.7. The van der Waals surface area contributed by atoms with Gasteiger partial charge in [0.25, 0.3) is 0 Å². The predicted octanol–water partition coefficient (Wildman–Crippen LogP) is 23.7. The number of halogens is 3. The Hall–Kier alpha value is -9.06. The van der Waals surface area contributed by atoms with E-state index in [0.29, 0.717) is 10.0 Å². The van der Waals surface area contributed by atoms with Crippen LogP contribution in [-0.4, -0.2) is 28.3 Å². The molecule has 0 unspecified atom stereocenters. The monoisotopic (exact) mass is 1360 g/mol. The van der Waals surface area contributed by atoms with Crippen LogP contribution in [0.5, 0.6) is 0 Å². The summed E-state index contributed by atoms with van der Waals surface area (Å²) in [5.74, 6) is 0. The van der Waals surface area contributed by atoms with Gasteiger partial charge in [0, 0.05) is 25.6 Å². The molecule has 1 aliphatic rings. The number of nitrogens with zero attached hydrogens (tertiary/aromatic N) is 2. The highest BCUT2D eigenvalue weighted by Crippen LogP contribution is 2.43. The van der Waals surface area contributed by atoms with Gasteiger partial charge in [-0.15, -0.1) is 22.7 Å². The minimum Gasteiger partial charge on any atom is -0.399 e. The summed E-state index contributed by atoms with van der Waals surface area (Å²) >= 11 is 19.6. The summed E-state index contributed by atoms with van der Waals surface area (Å²) in [6.45, 7) is 8.37. The molecular weight excluding hydrogens is 1290 g/mol. The van der Waals surface area contributed by atoms with Gasteiger partial charge < -0.3 is 9.31 Å². The number of hydrogen-bond donors (Lipinski definition) is 0. The molecule has 94 heavy (non-hydrogen) atoms. The van der Waals surface area contributed by atoms with E-state index in [1.54, 1.807) is 22.7 Å². The maximum absolute atomic E-state index is 6.72. The molecule has 15 rings (SSSR count). The van der Waals surface area contributed by atoms with Crippen LogP contribution in [0.25, 0.3) is 75.0 Å². The lowest BCUT2D eigenvalue weighted by atomic mass is 9.76. The minimum atomic E-state index is -0.408. The van der Waals surface area contributed by atoms with Crippen LogP contribution in [0.2, 0.25) is 10.0 Å². The molecule has 12 aromatic carbocycles. The molecule has 1 fully saturated rings. The second-order valence-electron chi connectivity index (χ2n) is 23.9. The zero-order chi connectivity index (χ0) is 64.6. The van der Waals surface area contributed by atoms with Crippen LogP contribution in [0.1, 0.15) is 72.2 Å². The van der Waals surface area contributed by atoms with E-state index < -0.39 is 7.12 Å². The zero-order valence-electron chi connectivity index (χ0n) is 52.3. The largest absolute Gasteiger partial charge is 0.494 e. The molecule has 0 spiro atoms. The van der Waals surface area contributed by atoms with Crippen LogP contribution in [0.3, 0.4) is 0 Å². The molecule has 2 aromatic heterocycles. The number of rotatable bonds is 12. The number of benzene rings is 12. The van der Waals surface area contributed by atoms with Crippen molar-refractivity contribution < 1.29 is 9.31 Å². The molecule has 14 aromatic rings. The maximum Gasteiger partial charge on any atom is 0.494 e.